The number of hydrogen-bond donors (Lipinski definition) is 3. The Balaban J connectivity index is 1.69. The van der Waals surface area contributed by atoms with E-state index in [0.29, 0.717) is 27.3 Å². The van der Waals surface area contributed by atoms with Crippen LogP contribution in [-0.4, -0.2) is 22.9 Å². The molecule has 1 saturated carbocycles. The second-order valence-electron chi connectivity index (χ2n) is 5.72. The first-order valence-electron chi connectivity index (χ1n) is 7.66. The number of benzene rings is 1. The summed E-state index contributed by atoms with van der Waals surface area (Å²) in [6.45, 7) is -0.318. The number of carbonyl (C=O) groups is 1. The number of aliphatic hydroxyl groups excluding tert-OH is 1. The van der Waals surface area contributed by atoms with Crippen molar-refractivity contribution < 1.29 is 14.4 Å². The van der Waals surface area contributed by atoms with Crippen molar-refractivity contribution in [2.24, 2.45) is 0 Å². The number of nitrogens with one attached hydrogen (secondary N) is 2. The van der Waals surface area contributed by atoms with Crippen LogP contribution in [0.4, 0.5) is 10.6 Å². The average Bonchev–Trinajstić information content (AvgIpc) is 2.94. The summed E-state index contributed by atoms with van der Waals surface area (Å²) in [7, 11) is 0. The Morgan fingerprint density at radius 2 is 2.21 bits per heavy atom. The molecule has 1 fully saturated rings. The number of aliphatic hydroxyl groups is 1. The Morgan fingerprint density at radius 1 is 1.42 bits per heavy atom. The highest BCUT2D eigenvalue weighted by Crippen LogP contribution is 2.39. The number of nitrogens with zero attached hydrogens (tertiary/aromatic N) is 1. The number of rotatable bonds is 5. The highest BCUT2D eigenvalue weighted by atomic mass is 35.5. The van der Waals surface area contributed by atoms with Gasteiger partial charge in [-0.05, 0) is 30.4 Å². The fraction of sp³-hybridized carbons (Fsp3) is 0.375. The largest absolute Gasteiger partial charge is 0.394 e. The lowest BCUT2D eigenvalue weighted by molar-refractivity contribution is 0.225. The third-order valence-electron chi connectivity index (χ3n) is 4.22. The number of aromatic nitrogens is 1. The predicted octanol–water partition coefficient (Wildman–Crippen LogP) is 4.10. The summed E-state index contributed by atoms with van der Waals surface area (Å²) in [5.41, 5.74) is 1.44. The van der Waals surface area contributed by atoms with Gasteiger partial charge >= 0.3 is 6.03 Å². The molecule has 3 N–H and O–H groups in total. The molecule has 1 aromatic carbocycles. The van der Waals surface area contributed by atoms with Gasteiger partial charge in [0.05, 0.1) is 22.7 Å². The number of anilines is 1. The zero-order valence-electron chi connectivity index (χ0n) is 12.8. The minimum Gasteiger partial charge on any atom is -0.394 e. The molecule has 1 unspecified atom stereocenters. The summed E-state index contributed by atoms with van der Waals surface area (Å²) < 4.78 is 4.97. The quantitative estimate of drug-likeness (QED) is 0.739. The van der Waals surface area contributed by atoms with E-state index < -0.39 is 12.1 Å². The molecule has 0 bridgehead atoms. The van der Waals surface area contributed by atoms with Crippen molar-refractivity contribution in [1.82, 2.24) is 10.5 Å². The standard InChI is InChI=1S/C16H17Cl2N3O3/c17-12-6-2-5-10(14(12)18)13(7-22)19-16(23)20-15-11(8-24-21-15)9-3-1-4-9/h2,5-6,8-9,13,22H,1,3-4,7H2,(H2,19,20,21,23). The maximum Gasteiger partial charge on any atom is 0.321 e. The summed E-state index contributed by atoms with van der Waals surface area (Å²) in [5.74, 6) is 0.786. The van der Waals surface area contributed by atoms with Gasteiger partial charge in [-0.3, -0.25) is 5.32 Å². The number of halogens is 2. The van der Waals surface area contributed by atoms with E-state index in [-0.39, 0.29) is 6.61 Å². The molecule has 0 radical (unpaired) electrons. The first-order chi connectivity index (χ1) is 11.6. The lowest BCUT2D eigenvalue weighted by atomic mass is 9.81. The van der Waals surface area contributed by atoms with Gasteiger partial charge in [-0.25, -0.2) is 4.79 Å². The van der Waals surface area contributed by atoms with Crippen LogP contribution in [0.1, 0.15) is 42.3 Å². The Labute approximate surface area is 149 Å². The summed E-state index contributed by atoms with van der Waals surface area (Å²) in [6.07, 6.45) is 4.86. The highest BCUT2D eigenvalue weighted by molar-refractivity contribution is 6.42. The van der Waals surface area contributed by atoms with E-state index in [1.807, 2.05) is 0 Å². The third-order valence-corrected chi connectivity index (χ3v) is 5.05. The lowest BCUT2D eigenvalue weighted by Crippen LogP contribution is -2.35. The number of urea groups is 1. The maximum absolute atomic E-state index is 12.2. The van der Waals surface area contributed by atoms with Crippen LogP contribution < -0.4 is 10.6 Å². The van der Waals surface area contributed by atoms with E-state index in [4.69, 9.17) is 27.7 Å². The molecule has 0 saturated heterocycles. The van der Waals surface area contributed by atoms with Gasteiger partial charge in [0.15, 0.2) is 5.82 Å². The molecule has 6 nitrogen and oxygen atoms in total. The van der Waals surface area contributed by atoms with E-state index in [2.05, 4.69) is 15.8 Å². The molecule has 24 heavy (non-hydrogen) atoms. The topological polar surface area (TPSA) is 87.4 Å². The van der Waals surface area contributed by atoms with E-state index in [9.17, 15) is 9.90 Å². The molecule has 1 heterocycles. The van der Waals surface area contributed by atoms with Crippen molar-refractivity contribution in [1.29, 1.82) is 0 Å². The van der Waals surface area contributed by atoms with Crippen LogP contribution in [0.5, 0.6) is 0 Å². The summed E-state index contributed by atoms with van der Waals surface area (Å²) in [4.78, 5) is 12.2. The Bertz CT molecular complexity index is 731. The molecule has 1 aliphatic rings. The monoisotopic (exact) mass is 369 g/mol. The fourth-order valence-electron chi connectivity index (χ4n) is 2.66. The van der Waals surface area contributed by atoms with Crippen LogP contribution in [0.25, 0.3) is 0 Å². The molecule has 0 spiro atoms. The van der Waals surface area contributed by atoms with E-state index in [0.717, 1.165) is 18.4 Å². The van der Waals surface area contributed by atoms with Crippen molar-refractivity contribution >= 4 is 35.1 Å². The third kappa shape index (κ3) is 3.50. The summed E-state index contributed by atoms with van der Waals surface area (Å²) >= 11 is 12.1. The molecule has 2 amide bonds. The van der Waals surface area contributed by atoms with Gasteiger partial charge in [0.2, 0.25) is 0 Å². The van der Waals surface area contributed by atoms with Crippen molar-refractivity contribution in [3.8, 4) is 0 Å². The minimum absolute atomic E-state index is 0.301. The number of hydrogen-bond acceptors (Lipinski definition) is 4. The Morgan fingerprint density at radius 3 is 2.88 bits per heavy atom. The first kappa shape index (κ1) is 17.1. The molecular weight excluding hydrogens is 353 g/mol. The number of carbonyl (C=O) groups excluding carboxylic acids is 1. The van der Waals surface area contributed by atoms with Crippen molar-refractivity contribution in [2.75, 3.05) is 11.9 Å². The molecule has 1 aliphatic carbocycles. The molecule has 8 heteroatoms. The molecule has 2 aromatic rings. The van der Waals surface area contributed by atoms with Gasteiger partial charge in [0.25, 0.3) is 0 Å². The second-order valence-corrected chi connectivity index (χ2v) is 6.51. The van der Waals surface area contributed by atoms with E-state index in [1.165, 1.54) is 6.42 Å². The Hall–Kier alpha value is -1.76. The minimum atomic E-state index is -0.685. The van der Waals surface area contributed by atoms with Crippen molar-refractivity contribution in [3.05, 3.63) is 45.6 Å². The molecule has 0 aliphatic heterocycles. The molecule has 128 valence electrons. The fourth-order valence-corrected chi connectivity index (χ4v) is 3.10. The van der Waals surface area contributed by atoms with Crippen LogP contribution >= 0.6 is 23.2 Å². The van der Waals surface area contributed by atoms with Gasteiger partial charge in [0, 0.05) is 5.56 Å². The van der Waals surface area contributed by atoms with Crippen molar-refractivity contribution in [2.45, 2.75) is 31.2 Å². The normalized spacial score (nSPS) is 15.6. The average molecular weight is 370 g/mol. The van der Waals surface area contributed by atoms with E-state index in [1.54, 1.807) is 24.5 Å². The highest BCUT2D eigenvalue weighted by Gasteiger charge is 2.26. The smallest absolute Gasteiger partial charge is 0.321 e. The summed E-state index contributed by atoms with van der Waals surface area (Å²) in [5, 5.41) is 19.4. The molecule has 1 aromatic heterocycles. The van der Waals surface area contributed by atoms with Crippen LogP contribution in [0, 0.1) is 0 Å². The van der Waals surface area contributed by atoms with Crippen LogP contribution in [0.2, 0.25) is 10.0 Å². The predicted molar refractivity (Wildman–Crippen MR) is 91.5 cm³/mol. The maximum atomic E-state index is 12.2. The number of amides is 2. The van der Waals surface area contributed by atoms with Crippen LogP contribution in [-0.2, 0) is 0 Å². The molecular formula is C16H17Cl2N3O3. The zero-order chi connectivity index (χ0) is 17.1. The summed E-state index contributed by atoms with van der Waals surface area (Å²) in [6, 6.07) is 3.86. The van der Waals surface area contributed by atoms with Crippen LogP contribution in [0.3, 0.4) is 0 Å². The van der Waals surface area contributed by atoms with Gasteiger partial charge < -0.3 is 14.9 Å². The zero-order valence-corrected chi connectivity index (χ0v) is 14.3. The Kier molecular flexibility index (Phi) is 5.28. The van der Waals surface area contributed by atoms with Gasteiger partial charge in [-0.1, -0.05) is 46.9 Å². The second kappa shape index (κ2) is 7.42. The van der Waals surface area contributed by atoms with Gasteiger partial charge in [-0.2, -0.15) is 0 Å². The van der Waals surface area contributed by atoms with Gasteiger partial charge in [-0.15, -0.1) is 0 Å². The molecule has 3 rings (SSSR count). The van der Waals surface area contributed by atoms with Crippen molar-refractivity contribution in [3.63, 3.8) is 0 Å². The van der Waals surface area contributed by atoms with Crippen LogP contribution in [0.15, 0.2) is 29.0 Å². The van der Waals surface area contributed by atoms with Gasteiger partial charge in [0.1, 0.15) is 6.26 Å². The molecule has 1 atom stereocenters. The lowest BCUT2D eigenvalue weighted by Gasteiger charge is -2.24. The first-order valence-corrected chi connectivity index (χ1v) is 8.42. The SMILES string of the molecule is O=C(Nc1nocc1C1CCC1)NC(CO)c1cccc(Cl)c1Cl. The van der Waals surface area contributed by atoms with E-state index >= 15 is 0 Å².